The summed E-state index contributed by atoms with van der Waals surface area (Å²) in [4.78, 5) is 3.96. The number of hydrogen-bond acceptors (Lipinski definition) is 3. The molecule has 2 rings (SSSR count). The Morgan fingerprint density at radius 3 is 2.93 bits per heavy atom. The quantitative estimate of drug-likeness (QED) is 0.748. The van der Waals surface area contributed by atoms with Crippen molar-refractivity contribution < 1.29 is 9.84 Å². The zero-order valence-electron chi connectivity index (χ0n) is 8.11. The van der Waals surface area contributed by atoms with Gasteiger partial charge in [-0.1, -0.05) is 0 Å². The van der Waals surface area contributed by atoms with E-state index in [1.807, 2.05) is 19.1 Å². The minimum absolute atomic E-state index is 0.163. The zero-order valence-corrected chi connectivity index (χ0v) is 8.11. The van der Waals surface area contributed by atoms with E-state index in [4.69, 9.17) is 4.74 Å². The van der Waals surface area contributed by atoms with Gasteiger partial charge in [-0.25, -0.2) is 0 Å². The van der Waals surface area contributed by atoms with Crippen molar-refractivity contribution in [2.45, 2.75) is 6.92 Å². The standard InChI is InChI=1S/C11H11NO2/c1-7-5-8-3-4-12-6-9(8)10(13)11(7)14-2/h3-6,13H,1-2H3. The summed E-state index contributed by atoms with van der Waals surface area (Å²) in [6, 6.07) is 3.83. The van der Waals surface area contributed by atoms with Gasteiger partial charge in [-0.05, 0) is 30.0 Å². The molecule has 3 heteroatoms. The second-order valence-corrected chi connectivity index (χ2v) is 3.17. The van der Waals surface area contributed by atoms with Crippen molar-refractivity contribution in [3.63, 3.8) is 0 Å². The molecule has 0 radical (unpaired) electrons. The maximum Gasteiger partial charge on any atom is 0.167 e. The molecule has 14 heavy (non-hydrogen) atoms. The Labute approximate surface area is 82.0 Å². The summed E-state index contributed by atoms with van der Waals surface area (Å²) in [6.07, 6.45) is 3.33. The summed E-state index contributed by atoms with van der Waals surface area (Å²) in [5, 5.41) is 11.6. The Balaban J connectivity index is 2.86. The summed E-state index contributed by atoms with van der Waals surface area (Å²) in [6.45, 7) is 1.90. The van der Waals surface area contributed by atoms with Crippen LogP contribution in [0.25, 0.3) is 10.8 Å². The van der Waals surface area contributed by atoms with Gasteiger partial charge in [0.15, 0.2) is 11.5 Å². The lowest BCUT2D eigenvalue weighted by molar-refractivity contribution is 0.374. The van der Waals surface area contributed by atoms with Crippen LogP contribution in [0.4, 0.5) is 0 Å². The van der Waals surface area contributed by atoms with Crippen LogP contribution < -0.4 is 4.74 Å². The van der Waals surface area contributed by atoms with E-state index in [0.29, 0.717) is 5.75 Å². The second-order valence-electron chi connectivity index (χ2n) is 3.17. The van der Waals surface area contributed by atoms with Crippen LogP contribution in [0, 0.1) is 6.92 Å². The Bertz CT molecular complexity index is 480. The van der Waals surface area contributed by atoms with Crippen molar-refractivity contribution in [2.24, 2.45) is 0 Å². The number of hydrogen-bond donors (Lipinski definition) is 1. The fraction of sp³-hybridized carbons (Fsp3) is 0.182. The Hall–Kier alpha value is -1.77. The molecule has 0 spiro atoms. The molecule has 0 bridgehead atoms. The molecule has 1 N–H and O–H groups in total. The Morgan fingerprint density at radius 2 is 2.21 bits per heavy atom. The maximum atomic E-state index is 9.87. The number of pyridine rings is 1. The molecule has 0 aliphatic rings. The van der Waals surface area contributed by atoms with Crippen LogP contribution >= 0.6 is 0 Å². The molecular weight excluding hydrogens is 178 g/mol. The van der Waals surface area contributed by atoms with Crippen LogP contribution in [0.15, 0.2) is 24.5 Å². The average Bonchev–Trinajstić information content (AvgIpc) is 2.18. The largest absolute Gasteiger partial charge is 0.504 e. The van der Waals surface area contributed by atoms with Crippen molar-refractivity contribution in [3.8, 4) is 11.5 Å². The molecule has 1 heterocycles. The van der Waals surface area contributed by atoms with E-state index in [1.54, 1.807) is 19.5 Å². The molecular formula is C11H11NO2. The highest BCUT2D eigenvalue weighted by atomic mass is 16.5. The molecule has 0 aliphatic carbocycles. The third-order valence-corrected chi connectivity index (χ3v) is 2.26. The molecule has 0 unspecified atom stereocenters. The van der Waals surface area contributed by atoms with E-state index < -0.39 is 0 Å². The summed E-state index contributed by atoms with van der Waals surface area (Å²) in [7, 11) is 1.55. The van der Waals surface area contributed by atoms with Gasteiger partial charge in [0.1, 0.15) is 0 Å². The minimum atomic E-state index is 0.163. The van der Waals surface area contributed by atoms with Crippen molar-refractivity contribution in [1.29, 1.82) is 0 Å². The molecule has 0 saturated carbocycles. The summed E-state index contributed by atoms with van der Waals surface area (Å²) >= 11 is 0. The molecule has 0 atom stereocenters. The summed E-state index contributed by atoms with van der Waals surface area (Å²) in [5.74, 6) is 0.682. The van der Waals surface area contributed by atoms with E-state index in [2.05, 4.69) is 4.98 Å². The molecule has 0 fully saturated rings. The normalized spacial score (nSPS) is 10.4. The van der Waals surface area contributed by atoms with E-state index in [1.165, 1.54) is 0 Å². The first-order chi connectivity index (χ1) is 6.74. The highest BCUT2D eigenvalue weighted by Crippen LogP contribution is 2.36. The number of benzene rings is 1. The van der Waals surface area contributed by atoms with Gasteiger partial charge in [-0.3, -0.25) is 4.98 Å². The fourth-order valence-electron chi connectivity index (χ4n) is 1.59. The lowest BCUT2D eigenvalue weighted by Gasteiger charge is -2.09. The van der Waals surface area contributed by atoms with Crippen LogP contribution in [0.1, 0.15) is 5.56 Å². The first-order valence-corrected chi connectivity index (χ1v) is 4.34. The topological polar surface area (TPSA) is 42.4 Å². The van der Waals surface area contributed by atoms with Crippen molar-refractivity contribution in [3.05, 3.63) is 30.1 Å². The molecule has 1 aromatic heterocycles. The lowest BCUT2D eigenvalue weighted by atomic mass is 10.1. The lowest BCUT2D eigenvalue weighted by Crippen LogP contribution is -1.89. The highest BCUT2D eigenvalue weighted by molar-refractivity contribution is 5.90. The highest BCUT2D eigenvalue weighted by Gasteiger charge is 2.09. The summed E-state index contributed by atoms with van der Waals surface area (Å²) < 4.78 is 5.11. The maximum absolute atomic E-state index is 9.87. The number of phenolic OH excluding ortho intramolecular Hbond substituents is 1. The number of methoxy groups -OCH3 is 1. The van der Waals surface area contributed by atoms with Gasteiger partial charge in [0.2, 0.25) is 0 Å². The van der Waals surface area contributed by atoms with E-state index >= 15 is 0 Å². The molecule has 0 amide bonds. The van der Waals surface area contributed by atoms with Gasteiger partial charge in [0.25, 0.3) is 0 Å². The monoisotopic (exact) mass is 189 g/mol. The molecule has 1 aromatic carbocycles. The minimum Gasteiger partial charge on any atom is -0.504 e. The third-order valence-electron chi connectivity index (χ3n) is 2.26. The molecule has 72 valence electrons. The van der Waals surface area contributed by atoms with Gasteiger partial charge in [-0.2, -0.15) is 0 Å². The SMILES string of the molecule is COc1c(C)cc2ccncc2c1O. The van der Waals surface area contributed by atoms with E-state index in [9.17, 15) is 5.11 Å². The average molecular weight is 189 g/mol. The van der Waals surface area contributed by atoms with Crippen LogP contribution in [-0.2, 0) is 0 Å². The molecule has 0 aliphatic heterocycles. The van der Waals surface area contributed by atoms with Crippen LogP contribution in [0.2, 0.25) is 0 Å². The van der Waals surface area contributed by atoms with E-state index in [0.717, 1.165) is 16.3 Å². The Morgan fingerprint density at radius 1 is 1.43 bits per heavy atom. The van der Waals surface area contributed by atoms with Crippen LogP contribution in [0.3, 0.4) is 0 Å². The first-order valence-electron chi connectivity index (χ1n) is 4.34. The smallest absolute Gasteiger partial charge is 0.167 e. The van der Waals surface area contributed by atoms with Crippen molar-refractivity contribution >= 4 is 10.8 Å². The van der Waals surface area contributed by atoms with Gasteiger partial charge >= 0.3 is 0 Å². The van der Waals surface area contributed by atoms with Gasteiger partial charge in [0, 0.05) is 17.8 Å². The van der Waals surface area contributed by atoms with E-state index in [-0.39, 0.29) is 5.75 Å². The number of aromatic hydroxyl groups is 1. The predicted octanol–water partition coefficient (Wildman–Crippen LogP) is 2.26. The third kappa shape index (κ3) is 1.18. The Kier molecular flexibility index (Phi) is 2.00. The zero-order chi connectivity index (χ0) is 10.1. The first kappa shape index (κ1) is 8.81. The fourth-order valence-corrected chi connectivity index (χ4v) is 1.59. The number of fused-ring (bicyclic) bond motifs is 1. The van der Waals surface area contributed by atoms with Gasteiger partial charge < -0.3 is 9.84 Å². The number of phenols is 1. The van der Waals surface area contributed by atoms with Crippen LogP contribution in [0.5, 0.6) is 11.5 Å². The van der Waals surface area contributed by atoms with Gasteiger partial charge in [0.05, 0.1) is 7.11 Å². The van der Waals surface area contributed by atoms with Crippen molar-refractivity contribution in [1.82, 2.24) is 4.98 Å². The number of rotatable bonds is 1. The molecule has 2 aromatic rings. The van der Waals surface area contributed by atoms with Crippen LogP contribution in [-0.4, -0.2) is 17.2 Å². The van der Waals surface area contributed by atoms with Crippen molar-refractivity contribution in [2.75, 3.05) is 7.11 Å². The number of nitrogens with zero attached hydrogens (tertiary/aromatic N) is 1. The number of aromatic nitrogens is 1. The molecule has 0 saturated heterocycles. The predicted molar refractivity (Wildman–Crippen MR) is 54.7 cm³/mol. The number of ether oxygens (including phenoxy) is 1. The second kappa shape index (κ2) is 3.18. The van der Waals surface area contributed by atoms with Gasteiger partial charge in [-0.15, -0.1) is 0 Å². The number of aryl methyl sites for hydroxylation is 1. The molecule has 3 nitrogen and oxygen atoms in total. The summed E-state index contributed by atoms with van der Waals surface area (Å²) in [5.41, 5.74) is 0.920.